The van der Waals surface area contributed by atoms with Crippen LogP contribution in [0.5, 0.6) is 0 Å². The monoisotopic (exact) mass is 235 g/mol. The zero-order chi connectivity index (χ0) is 12.9. The summed E-state index contributed by atoms with van der Waals surface area (Å²) in [5, 5.41) is 0. The molecule has 0 fully saturated rings. The van der Waals surface area contributed by atoms with E-state index < -0.39 is 0 Å². The molecular formula is C14H21NO2. The zero-order valence-electron chi connectivity index (χ0n) is 10.8. The average Bonchev–Trinajstić information content (AvgIpc) is 2.29. The van der Waals surface area contributed by atoms with Crippen LogP contribution in [-0.2, 0) is 22.5 Å². The molecule has 0 radical (unpaired) electrons. The number of carbonyl (C=O) groups excluding carboxylic acids is 1. The van der Waals surface area contributed by atoms with Gasteiger partial charge in [0.05, 0.1) is 6.42 Å². The molecule has 0 aliphatic rings. The Hall–Kier alpha value is -1.35. The summed E-state index contributed by atoms with van der Waals surface area (Å²) in [4.78, 5) is 11.7. The lowest BCUT2D eigenvalue weighted by Gasteiger charge is -2.23. The fourth-order valence-electron chi connectivity index (χ4n) is 1.38. The van der Waals surface area contributed by atoms with Gasteiger partial charge in [-0.05, 0) is 31.4 Å². The molecule has 0 unspecified atom stereocenters. The van der Waals surface area contributed by atoms with E-state index in [4.69, 9.17) is 10.5 Å². The number of hydrogen-bond acceptors (Lipinski definition) is 3. The number of benzene rings is 1. The smallest absolute Gasteiger partial charge is 0.310 e. The molecule has 0 aliphatic carbocycles. The molecule has 0 bridgehead atoms. The number of carbonyl (C=O) groups is 1. The SMILES string of the molecule is CCC(C)(C)OC(=O)Cc1ccc(CN)cc1. The lowest BCUT2D eigenvalue weighted by atomic mass is 10.1. The summed E-state index contributed by atoms with van der Waals surface area (Å²) in [5.41, 5.74) is 7.15. The van der Waals surface area contributed by atoms with Gasteiger partial charge in [0, 0.05) is 6.54 Å². The van der Waals surface area contributed by atoms with Crippen molar-refractivity contribution in [2.24, 2.45) is 5.73 Å². The molecule has 1 rings (SSSR count). The first kappa shape index (κ1) is 13.7. The van der Waals surface area contributed by atoms with Crippen LogP contribution in [0.1, 0.15) is 38.3 Å². The molecule has 0 spiro atoms. The maximum absolute atomic E-state index is 11.7. The van der Waals surface area contributed by atoms with Crippen LogP contribution < -0.4 is 5.73 Å². The van der Waals surface area contributed by atoms with E-state index in [1.807, 2.05) is 45.0 Å². The maximum Gasteiger partial charge on any atom is 0.310 e. The first-order valence-corrected chi connectivity index (χ1v) is 5.96. The van der Waals surface area contributed by atoms with Gasteiger partial charge in [0.15, 0.2) is 0 Å². The highest BCUT2D eigenvalue weighted by Gasteiger charge is 2.20. The highest BCUT2D eigenvalue weighted by Crippen LogP contribution is 2.15. The van der Waals surface area contributed by atoms with Gasteiger partial charge in [-0.25, -0.2) is 0 Å². The first-order valence-electron chi connectivity index (χ1n) is 5.96. The van der Waals surface area contributed by atoms with Crippen LogP contribution in [0.2, 0.25) is 0 Å². The molecule has 2 N–H and O–H groups in total. The number of rotatable bonds is 5. The van der Waals surface area contributed by atoms with Gasteiger partial charge >= 0.3 is 5.97 Å². The zero-order valence-corrected chi connectivity index (χ0v) is 10.8. The molecule has 0 aliphatic heterocycles. The van der Waals surface area contributed by atoms with Crippen molar-refractivity contribution < 1.29 is 9.53 Å². The Balaban J connectivity index is 2.56. The molecule has 0 atom stereocenters. The maximum atomic E-state index is 11.7. The number of hydrogen-bond donors (Lipinski definition) is 1. The van der Waals surface area contributed by atoms with Crippen molar-refractivity contribution in [2.45, 2.75) is 45.8 Å². The van der Waals surface area contributed by atoms with E-state index in [0.717, 1.165) is 17.5 Å². The van der Waals surface area contributed by atoms with Crippen molar-refractivity contribution in [3.63, 3.8) is 0 Å². The average molecular weight is 235 g/mol. The molecule has 94 valence electrons. The summed E-state index contributed by atoms with van der Waals surface area (Å²) in [5.74, 6) is -0.183. The summed E-state index contributed by atoms with van der Waals surface area (Å²) in [7, 11) is 0. The van der Waals surface area contributed by atoms with Crippen molar-refractivity contribution in [1.29, 1.82) is 0 Å². The Bertz CT molecular complexity index is 368. The van der Waals surface area contributed by atoms with Crippen molar-refractivity contribution in [3.05, 3.63) is 35.4 Å². The molecule has 17 heavy (non-hydrogen) atoms. The van der Waals surface area contributed by atoms with Crippen LogP contribution in [0.4, 0.5) is 0 Å². The minimum atomic E-state index is -0.381. The minimum absolute atomic E-state index is 0.183. The van der Waals surface area contributed by atoms with Gasteiger partial charge in [-0.15, -0.1) is 0 Å². The third-order valence-electron chi connectivity index (χ3n) is 2.85. The molecule has 3 nitrogen and oxygen atoms in total. The van der Waals surface area contributed by atoms with E-state index in [-0.39, 0.29) is 11.6 Å². The van der Waals surface area contributed by atoms with Crippen LogP contribution in [0.25, 0.3) is 0 Å². The van der Waals surface area contributed by atoms with Gasteiger partial charge in [0.1, 0.15) is 5.60 Å². The molecular weight excluding hydrogens is 214 g/mol. The van der Waals surface area contributed by atoms with Crippen LogP contribution in [0.15, 0.2) is 24.3 Å². The molecule has 1 aromatic carbocycles. The molecule has 3 heteroatoms. The van der Waals surface area contributed by atoms with E-state index in [9.17, 15) is 4.79 Å². The molecule has 0 aromatic heterocycles. The Morgan fingerprint density at radius 3 is 2.24 bits per heavy atom. The molecule has 0 saturated heterocycles. The van der Waals surface area contributed by atoms with Gasteiger partial charge in [-0.2, -0.15) is 0 Å². The summed E-state index contributed by atoms with van der Waals surface area (Å²) < 4.78 is 5.38. The second kappa shape index (κ2) is 5.82. The lowest BCUT2D eigenvalue weighted by molar-refractivity contribution is -0.155. The highest BCUT2D eigenvalue weighted by atomic mass is 16.6. The summed E-state index contributed by atoms with van der Waals surface area (Å²) in [6.07, 6.45) is 1.12. The van der Waals surface area contributed by atoms with E-state index in [1.54, 1.807) is 0 Å². The molecule has 0 saturated carbocycles. The third kappa shape index (κ3) is 4.57. The predicted molar refractivity (Wildman–Crippen MR) is 68.5 cm³/mol. The fraction of sp³-hybridized carbons (Fsp3) is 0.500. The van der Waals surface area contributed by atoms with Gasteiger partial charge in [0.2, 0.25) is 0 Å². The van der Waals surface area contributed by atoms with Crippen molar-refractivity contribution in [1.82, 2.24) is 0 Å². The van der Waals surface area contributed by atoms with Gasteiger partial charge in [-0.1, -0.05) is 31.2 Å². The van der Waals surface area contributed by atoms with Crippen LogP contribution in [0.3, 0.4) is 0 Å². The molecule has 0 amide bonds. The topological polar surface area (TPSA) is 52.3 Å². The minimum Gasteiger partial charge on any atom is -0.459 e. The van der Waals surface area contributed by atoms with E-state index >= 15 is 0 Å². The Morgan fingerprint density at radius 2 is 1.76 bits per heavy atom. The van der Waals surface area contributed by atoms with E-state index in [2.05, 4.69) is 0 Å². The Morgan fingerprint density at radius 1 is 1.24 bits per heavy atom. The van der Waals surface area contributed by atoms with Crippen molar-refractivity contribution in [3.8, 4) is 0 Å². The van der Waals surface area contributed by atoms with Gasteiger partial charge < -0.3 is 10.5 Å². The fourth-order valence-corrected chi connectivity index (χ4v) is 1.38. The second-order valence-corrected chi connectivity index (χ2v) is 4.78. The lowest BCUT2D eigenvalue weighted by Crippen LogP contribution is -2.27. The summed E-state index contributed by atoms with van der Waals surface area (Å²) in [6, 6.07) is 7.71. The Kier molecular flexibility index (Phi) is 4.70. The largest absolute Gasteiger partial charge is 0.459 e. The third-order valence-corrected chi connectivity index (χ3v) is 2.85. The van der Waals surface area contributed by atoms with Crippen molar-refractivity contribution >= 4 is 5.97 Å². The van der Waals surface area contributed by atoms with E-state index in [0.29, 0.717) is 13.0 Å². The number of nitrogens with two attached hydrogens (primary N) is 1. The first-order chi connectivity index (χ1) is 7.96. The molecule has 0 heterocycles. The highest BCUT2D eigenvalue weighted by molar-refractivity contribution is 5.73. The molecule has 1 aromatic rings. The second-order valence-electron chi connectivity index (χ2n) is 4.78. The number of esters is 1. The summed E-state index contributed by atoms with van der Waals surface area (Å²) >= 11 is 0. The van der Waals surface area contributed by atoms with Crippen LogP contribution in [-0.4, -0.2) is 11.6 Å². The normalized spacial score (nSPS) is 11.3. The van der Waals surface area contributed by atoms with Gasteiger partial charge in [0.25, 0.3) is 0 Å². The van der Waals surface area contributed by atoms with Crippen LogP contribution in [0, 0.1) is 0 Å². The standard InChI is InChI=1S/C14H21NO2/c1-4-14(2,3)17-13(16)9-11-5-7-12(10-15)8-6-11/h5-8H,4,9-10,15H2,1-3H3. The summed E-state index contributed by atoms with van der Waals surface area (Å²) in [6.45, 7) is 6.36. The Labute approximate surface area is 103 Å². The quantitative estimate of drug-likeness (QED) is 0.797. The van der Waals surface area contributed by atoms with E-state index in [1.165, 1.54) is 0 Å². The van der Waals surface area contributed by atoms with Crippen LogP contribution >= 0.6 is 0 Å². The predicted octanol–water partition coefficient (Wildman–Crippen LogP) is 2.42. The number of ether oxygens (including phenoxy) is 1. The van der Waals surface area contributed by atoms with Crippen molar-refractivity contribution in [2.75, 3.05) is 0 Å². The van der Waals surface area contributed by atoms with Gasteiger partial charge in [-0.3, -0.25) is 4.79 Å².